The first-order chi connectivity index (χ1) is 13.0. The minimum absolute atomic E-state index is 0.0473. The van der Waals surface area contributed by atoms with Crippen LogP contribution in [0.3, 0.4) is 0 Å². The van der Waals surface area contributed by atoms with Crippen LogP contribution in [0.15, 0.2) is 28.8 Å². The summed E-state index contributed by atoms with van der Waals surface area (Å²) in [4.78, 5) is 11.3. The lowest BCUT2D eigenvalue weighted by molar-refractivity contribution is 0.190. The van der Waals surface area contributed by atoms with E-state index in [4.69, 9.17) is 4.52 Å². The SMILES string of the molecule is CC(C)c1nc(-c2nc(C3CNCCN3C)no2)nn1-c1cccc(F)c1. The van der Waals surface area contributed by atoms with Crippen LogP contribution in [0.2, 0.25) is 0 Å². The summed E-state index contributed by atoms with van der Waals surface area (Å²) >= 11 is 0. The van der Waals surface area contributed by atoms with E-state index in [2.05, 4.69) is 30.4 Å². The smallest absolute Gasteiger partial charge is 0.297 e. The van der Waals surface area contributed by atoms with Crippen molar-refractivity contribution in [3.8, 4) is 17.4 Å². The molecule has 1 N–H and O–H groups in total. The normalized spacial score (nSPS) is 18.3. The third kappa shape index (κ3) is 3.47. The topological polar surface area (TPSA) is 84.9 Å². The molecule has 0 amide bonds. The predicted molar refractivity (Wildman–Crippen MR) is 96.9 cm³/mol. The molecule has 4 rings (SSSR count). The lowest BCUT2D eigenvalue weighted by atomic mass is 10.2. The second-order valence-electron chi connectivity index (χ2n) is 7.00. The molecule has 0 spiro atoms. The van der Waals surface area contributed by atoms with Crippen molar-refractivity contribution in [2.24, 2.45) is 0 Å². The molecule has 2 aromatic heterocycles. The van der Waals surface area contributed by atoms with Gasteiger partial charge >= 0.3 is 0 Å². The molecule has 3 heterocycles. The Morgan fingerprint density at radius 1 is 1.30 bits per heavy atom. The first-order valence-electron chi connectivity index (χ1n) is 9.00. The highest BCUT2D eigenvalue weighted by Crippen LogP contribution is 2.24. The van der Waals surface area contributed by atoms with Crippen molar-refractivity contribution in [3.05, 3.63) is 41.7 Å². The number of halogens is 1. The Bertz CT molecular complexity index is 935. The zero-order chi connectivity index (χ0) is 19.0. The van der Waals surface area contributed by atoms with Gasteiger partial charge in [0.15, 0.2) is 5.82 Å². The number of hydrogen-bond acceptors (Lipinski definition) is 7. The van der Waals surface area contributed by atoms with E-state index in [0.717, 1.165) is 19.6 Å². The Morgan fingerprint density at radius 2 is 2.15 bits per heavy atom. The molecule has 27 heavy (non-hydrogen) atoms. The van der Waals surface area contributed by atoms with Gasteiger partial charge in [-0.2, -0.15) is 4.98 Å². The summed E-state index contributed by atoms with van der Waals surface area (Å²) in [6.07, 6.45) is 0. The van der Waals surface area contributed by atoms with E-state index in [9.17, 15) is 4.39 Å². The van der Waals surface area contributed by atoms with Crippen molar-refractivity contribution in [2.45, 2.75) is 25.8 Å². The number of aromatic nitrogens is 5. The standard InChI is InChI=1S/C18H22FN7O/c1-11(2)17-21-16(23-26(17)13-6-4-5-12(19)9-13)18-22-15(24-27-18)14-10-20-7-8-25(14)3/h4-6,9,11,14,20H,7-8,10H2,1-3H3. The molecule has 8 nitrogen and oxygen atoms in total. The maximum Gasteiger partial charge on any atom is 0.297 e. The first-order valence-corrected chi connectivity index (χ1v) is 9.00. The monoisotopic (exact) mass is 371 g/mol. The van der Waals surface area contributed by atoms with Crippen LogP contribution < -0.4 is 5.32 Å². The molecule has 1 aliphatic heterocycles. The largest absolute Gasteiger partial charge is 0.330 e. The molecule has 1 fully saturated rings. The molecule has 1 saturated heterocycles. The molecule has 0 saturated carbocycles. The lowest BCUT2D eigenvalue weighted by Gasteiger charge is -2.30. The summed E-state index contributed by atoms with van der Waals surface area (Å²) in [5, 5.41) is 12.0. The Kier molecular flexibility index (Phi) is 4.71. The Balaban J connectivity index is 1.70. The second kappa shape index (κ2) is 7.16. The molecule has 1 unspecified atom stereocenters. The average Bonchev–Trinajstić information content (AvgIpc) is 3.29. The van der Waals surface area contributed by atoms with Gasteiger partial charge in [-0.3, -0.25) is 4.90 Å². The molecule has 0 radical (unpaired) electrons. The van der Waals surface area contributed by atoms with Gasteiger partial charge in [-0.05, 0) is 25.2 Å². The van der Waals surface area contributed by atoms with E-state index in [1.54, 1.807) is 16.8 Å². The third-order valence-corrected chi connectivity index (χ3v) is 4.64. The summed E-state index contributed by atoms with van der Waals surface area (Å²) in [6, 6.07) is 6.30. The van der Waals surface area contributed by atoms with E-state index in [0.29, 0.717) is 23.2 Å². The van der Waals surface area contributed by atoms with Gasteiger partial charge in [-0.1, -0.05) is 25.1 Å². The number of hydrogen-bond donors (Lipinski definition) is 1. The van der Waals surface area contributed by atoms with E-state index in [-0.39, 0.29) is 23.7 Å². The summed E-state index contributed by atoms with van der Waals surface area (Å²) in [5.74, 6) is 1.67. The quantitative estimate of drug-likeness (QED) is 0.752. The van der Waals surface area contributed by atoms with Gasteiger partial charge in [0, 0.05) is 25.6 Å². The van der Waals surface area contributed by atoms with Gasteiger partial charge in [-0.15, -0.1) is 5.10 Å². The lowest BCUT2D eigenvalue weighted by Crippen LogP contribution is -2.44. The van der Waals surface area contributed by atoms with E-state index >= 15 is 0 Å². The first kappa shape index (κ1) is 17.7. The van der Waals surface area contributed by atoms with Gasteiger partial charge in [0.1, 0.15) is 11.6 Å². The maximum atomic E-state index is 13.6. The van der Waals surface area contributed by atoms with Crippen molar-refractivity contribution in [1.29, 1.82) is 0 Å². The Labute approximate surface area is 156 Å². The Morgan fingerprint density at radius 3 is 2.89 bits per heavy atom. The molecular weight excluding hydrogens is 349 g/mol. The predicted octanol–water partition coefficient (Wildman–Crippen LogP) is 2.16. The van der Waals surface area contributed by atoms with Crippen LogP contribution in [0.25, 0.3) is 17.4 Å². The highest BCUT2D eigenvalue weighted by atomic mass is 19.1. The molecule has 1 aliphatic rings. The summed E-state index contributed by atoms with van der Waals surface area (Å²) < 4.78 is 20.7. The zero-order valence-corrected chi connectivity index (χ0v) is 15.6. The van der Waals surface area contributed by atoms with Gasteiger partial charge in [0.05, 0.1) is 11.7 Å². The van der Waals surface area contributed by atoms with Crippen LogP contribution in [0.4, 0.5) is 4.39 Å². The molecule has 1 aromatic carbocycles. The molecule has 142 valence electrons. The minimum atomic E-state index is -0.327. The van der Waals surface area contributed by atoms with Crippen molar-refractivity contribution in [1.82, 2.24) is 35.1 Å². The third-order valence-electron chi connectivity index (χ3n) is 4.64. The molecule has 1 atom stereocenters. The molecule has 9 heteroatoms. The fraction of sp³-hybridized carbons (Fsp3) is 0.444. The van der Waals surface area contributed by atoms with Crippen LogP contribution in [-0.4, -0.2) is 56.5 Å². The number of nitrogens with zero attached hydrogens (tertiary/aromatic N) is 6. The number of rotatable bonds is 4. The minimum Gasteiger partial charge on any atom is -0.330 e. The van der Waals surface area contributed by atoms with Crippen LogP contribution in [0, 0.1) is 5.82 Å². The van der Waals surface area contributed by atoms with Crippen LogP contribution in [-0.2, 0) is 0 Å². The van der Waals surface area contributed by atoms with E-state index in [1.165, 1.54) is 12.1 Å². The number of benzene rings is 1. The fourth-order valence-corrected chi connectivity index (χ4v) is 3.14. The van der Waals surface area contributed by atoms with Crippen LogP contribution in [0.5, 0.6) is 0 Å². The van der Waals surface area contributed by atoms with Crippen molar-refractivity contribution < 1.29 is 8.91 Å². The second-order valence-corrected chi connectivity index (χ2v) is 7.00. The Hall–Kier alpha value is -2.65. The molecule has 3 aromatic rings. The average molecular weight is 371 g/mol. The maximum absolute atomic E-state index is 13.6. The van der Waals surface area contributed by atoms with E-state index in [1.807, 2.05) is 20.9 Å². The number of piperazine rings is 1. The van der Waals surface area contributed by atoms with Crippen LogP contribution in [0.1, 0.15) is 37.5 Å². The van der Waals surface area contributed by atoms with Crippen LogP contribution >= 0.6 is 0 Å². The van der Waals surface area contributed by atoms with Gasteiger partial charge < -0.3 is 9.84 Å². The highest BCUT2D eigenvalue weighted by molar-refractivity contribution is 5.42. The zero-order valence-electron chi connectivity index (χ0n) is 15.6. The molecule has 0 aliphatic carbocycles. The number of nitrogens with one attached hydrogen (secondary N) is 1. The highest BCUT2D eigenvalue weighted by Gasteiger charge is 2.27. The van der Waals surface area contributed by atoms with Gasteiger partial charge in [0.25, 0.3) is 5.89 Å². The van der Waals surface area contributed by atoms with Gasteiger partial charge in [0.2, 0.25) is 5.82 Å². The fourth-order valence-electron chi connectivity index (χ4n) is 3.14. The number of likely N-dealkylation sites (N-methyl/N-ethyl adjacent to an activating group) is 1. The summed E-state index contributed by atoms with van der Waals surface area (Å²) in [5.41, 5.74) is 0.605. The van der Waals surface area contributed by atoms with E-state index < -0.39 is 0 Å². The summed E-state index contributed by atoms with van der Waals surface area (Å²) in [6.45, 7) is 6.63. The van der Waals surface area contributed by atoms with Crippen molar-refractivity contribution in [3.63, 3.8) is 0 Å². The van der Waals surface area contributed by atoms with Gasteiger partial charge in [-0.25, -0.2) is 14.1 Å². The summed E-state index contributed by atoms with van der Waals surface area (Å²) in [7, 11) is 2.04. The molecular formula is C18H22FN7O. The van der Waals surface area contributed by atoms with Crippen molar-refractivity contribution in [2.75, 3.05) is 26.7 Å². The molecule has 0 bridgehead atoms. The van der Waals surface area contributed by atoms with Crippen molar-refractivity contribution >= 4 is 0 Å².